The fourth-order valence-corrected chi connectivity index (χ4v) is 2.86. The maximum Gasteiger partial charge on any atom is 0.330 e. The Hall–Kier alpha value is -1.36. The van der Waals surface area contributed by atoms with Gasteiger partial charge in [-0.1, -0.05) is 13.3 Å². The van der Waals surface area contributed by atoms with Crippen molar-refractivity contribution in [1.82, 2.24) is 14.5 Å². The van der Waals surface area contributed by atoms with E-state index in [1.54, 1.807) is 7.05 Å². The number of aromatic nitrogens is 2. The van der Waals surface area contributed by atoms with Crippen molar-refractivity contribution in [1.29, 1.82) is 0 Å². The number of rotatable bonds is 4. The second-order valence-electron chi connectivity index (χ2n) is 5.79. The largest absolute Gasteiger partial charge is 0.330 e. The molecule has 2 atom stereocenters. The van der Waals surface area contributed by atoms with Crippen molar-refractivity contribution in [3.8, 4) is 0 Å². The first-order valence-electron chi connectivity index (χ1n) is 6.95. The molecule has 1 aliphatic rings. The van der Waals surface area contributed by atoms with E-state index in [0.29, 0.717) is 6.54 Å². The van der Waals surface area contributed by atoms with Crippen molar-refractivity contribution < 1.29 is 0 Å². The van der Waals surface area contributed by atoms with Crippen LogP contribution in [0.15, 0.2) is 15.7 Å². The second kappa shape index (κ2) is 5.74. The standard InChI is InChI=1S/C14H23N3O2/c1-10-4-5-11(6-10)8-15-9-12-7-13(18)17(3)14(19)16(12)2/h7,10-11,15H,4-6,8-9H2,1-3H3. The predicted molar refractivity (Wildman–Crippen MR) is 75.1 cm³/mol. The SMILES string of the molecule is CC1CCC(CNCc2cc(=O)n(C)c(=O)n2C)C1. The molecule has 2 unspecified atom stereocenters. The molecule has 0 bridgehead atoms. The molecule has 0 saturated heterocycles. The van der Waals surface area contributed by atoms with Crippen LogP contribution in [0.4, 0.5) is 0 Å². The molecule has 1 heterocycles. The smallest absolute Gasteiger partial charge is 0.311 e. The lowest BCUT2D eigenvalue weighted by molar-refractivity contribution is 0.463. The molecule has 106 valence electrons. The van der Waals surface area contributed by atoms with Gasteiger partial charge in [0.25, 0.3) is 5.56 Å². The number of hydrogen-bond acceptors (Lipinski definition) is 3. The zero-order valence-electron chi connectivity index (χ0n) is 12.0. The van der Waals surface area contributed by atoms with Gasteiger partial charge in [-0.25, -0.2) is 4.79 Å². The van der Waals surface area contributed by atoms with Gasteiger partial charge >= 0.3 is 5.69 Å². The van der Waals surface area contributed by atoms with Crippen LogP contribution in [0.2, 0.25) is 0 Å². The summed E-state index contributed by atoms with van der Waals surface area (Å²) in [6.45, 7) is 3.84. The quantitative estimate of drug-likeness (QED) is 0.868. The summed E-state index contributed by atoms with van der Waals surface area (Å²) in [4.78, 5) is 23.4. The third-order valence-electron chi connectivity index (χ3n) is 4.17. The van der Waals surface area contributed by atoms with Gasteiger partial charge in [0.05, 0.1) is 0 Å². The molecule has 1 aromatic rings. The van der Waals surface area contributed by atoms with E-state index in [0.717, 1.165) is 28.6 Å². The van der Waals surface area contributed by atoms with E-state index in [1.807, 2.05) is 0 Å². The molecule has 19 heavy (non-hydrogen) atoms. The van der Waals surface area contributed by atoms with E-state index in [9.17, 15) is 9.59 Å². The highest BCUT2D eigenvalue weighted by Crippen LogP contribution is 2.29. The summed E-state index contributed by atoms with van der Waals surface area (Å²) in [5, 5.41) is 3.37. The van der Waals surface area contributed by atoms with Crippen LogP contribution in [0.3, 0.4) is 0 Å². The molecule has 5 heteroatoms. The molecule has 1 N–H and O–H groups in total. The first-order valence-corrected chi connectivity index (χ1v) is 6.95. The minimum Gasteiger partial charge on any atom is -0.311 e. The van der Waals surface area contributed by atoms with Gasteiger partial charge in [0.1, 0.15) is 0 Å². The summed E-state index contributed by atoms with van der Waals surface area (Å²) in [7, 11) is 3.21. The van der Waals surface area contributed by atoms with Crippen LogP contribution in [0.5, 0.6) is 0 Å². The van der Waals surface area contributed by atoms with Gasteiger partial charge in [0, 0.05) is 32.4 Å². The lowest BCUT2D eigenvalue weighted by Crippen LogP contribution is -2.39. The molecule has 5 nitrogen and oxygen atoms in total. The average Bonchev–Trinajstić information content (AvgIpc) is 2.79. The minimum absolute atomic E-state index is 0.241. The van der Waals surface area contributed by atoms with Crippen LogP contribution < -0.4 is 16.6 Å². The number of nitrogens with zero attached hydrogens (tertiary/aromatic N) is 2. The van der Waals surface area contributed by atoms with Gasteiger partial charge in [-0.15, -0.1) is 0 Å². The molecule has 0 radical (unpaired) electrons. The molecule has 1 saturated carbocycles. The van der Waals surface area contributed by atoms with E-state index in [1.165, 1.54) is 36.9 Å². The first kappa shape index (κ1) is 14.1. The van der Waals surface area contributed by atoms with Crippen LogP contribution in [0, 0.1) is 11.8 Å². The Balaban J connectivity index is 1.97. The van der Waals surface area contributed by atoms with Gasteiger partial charge in [-0.05, 0) is 31.2 Å². The summed E-state index contributed by atoms with van der Waals surface area (Å²) >= 11 is 0. The molecule has 2 rings (SSSR count). The number of nitrogens with one attached hydrogen (secondary N) is 1. The summed E-state index contributed by atoms with van der Waals surface area (Å²) in [5.41, 5.74) is 0.243. The summed E-state index contributed by atoms with van der Waals surface area (Å²) < 4.78 is 2.66. The normalized spacial score (nSPS) is 22.9. The van der Waals surface area contributed by atoms with Crippen LogP contribution in [0.1, 0.15) is 31.9 Å². The van der Waals surface area contributed by atoms with E-state index < -0.39 is 0 Å². The molecule has 0 spiro atoms. The zero-order valence-corrected chi connectivity index (χ0v) is 12.0. The Labute approximate surface area is 113 Å². The Bertz CT molecular complexity index is 559. The Morgan fingerprint density at radius 1 is 1.26 bits per heavy atom. The van der Waals surface area contributed by atoms with Gasteiger partial charge in [0.15, 0.2) is 0 Å². The molecule has 1 fully saturated rings. The molecule has 1 aliphatic carbocycles. The molecular weight excluding hydrogens is 242 g/mol. The highest BCUT2D eigenvalue weighted by Gasteiger charge is 2.20. The Morgan fingerprint density at radius 2 is 2.00 bits per heavy atom. The topological polar surface area (TPSA) is 56.0 Å². The predicted octanol–water partition coefficient (Wildman–Crippen LogP) is 0.610. The molecule has 0 aliphatic heterocycles. The Kier molecular flexibility index (Phi) is 4.24. The molecule has 0 amide bonds. The van der Waals surface area contributed by atoms with E-state index in [2.05, 4.69) is 12.2 Å². The number of hydrogen-bond donors (Lipinski definition) is 1. The van der Waals surface area contributed by atoms with Crippen molar-refractivity contribution in [2.24, 2.45) is 25.9 Å². The molecule has 0 aromatic carbocycles. The molecule has 1 aromatic heterocycles. The highest BCUT2D eigenvalue weighted by atomic mass is 16.2. The summed E-state index contributed by atoms with van der Waals surface area (Å²) in [6.07, 6.45) is 3.88. The van der Waals surface area contributed by atoms with Gasteiger partial charge < -0.3 is 5.32 Å². The monoisotopic (exact) mass is 265 g/mol. The fourth-order valence-electron chi connectivity index (χ4n) is 2.86. The van der Waals surface area contributed by atoms with E-state index >= 15 is 0 Å². The maximum absolute atomic E-state index is 11.8. The minimum atomic E-state index is -0.265. The van der Waals surface area contributed by atoms with Crippen molar-refractivity contribution in [3.63, 3.8) is 0 Å². The lowest BCUT2D eigenvalue weighted by atomic mass is 10.1. The fraction of sp³-hybridized carbons (Fsp3) is 0.714. The highest BCUT2D eigenvalue weighted by molar-refractivity contribution is 5.01. The van der Waals surface area contributed by atoms with E-state index in [-0.39, 0.29) is 11.2 Å². The maximum atomic E-state index is 11.8. The third kappa shape index (κ3) is 3.15. The zero-order chi connectivity index (χ0) is 14.0. The van der Waals surface area contributed by atoms with Crippen molar-refractivity contribution in [2.75, 3.05) is 6.54 Å². The van der Waals surface area contributed by atoms with Crippen LogP contribution in [0.25, 0.3) is 0 Å². The lowest BCUT2D eigenvalue weighted by Gasteiger charge is -2.13. The molecular formula is C14H23N3O2. The third-order valence-corrected chi connectivity index (χ3v) is 4.17. The second-order valence-corrected chi connectivity index (χ2v) is 5.79. The van der Waals surface area contributed by atoms with Gasteiger partial charge in [0.2, 0.25) is 0 Å². The van der Waals surface area contributed by atoms with Crippen molar-refractivity contribution >= 4 is 0 Å². The first-order chi connectivity index (χ1) is 8.99. The van der Waals surface area contributed by atoms with Crippen molar-refractivity contribution in [3.05, 3.63) is 32.6 Å². The van der Waals surface area contributed by atoms with Crippen LogP contribution in [-0.4, -0.2) is 15.7 Å². The van der Waals surface area contributed by atoms with Crippen LogP contribution >= 0.6 is 0 Å². The summed E-state index contributed by atoms with van der Waals surface area (Å²) in [6, 6.07) is 1.53. The van der Waals surface area contributed by atoms with Crippen molar-refractivity contribution in [2.45, 2.75) is 32.7 Å². The Morgan fingerprint density at radius 3 is 2.63 bits per heavy atom. The van der Waals surface area contributed by atoms with Crippen LogP contribution in [-0.2, 0) is 20.6 Å². The average molecular weight is 265 g/mol. The van der Waals surface area contributed by atoms with Gasteiger partial charge in [-0.2, -0.15) is 0 Å². The van der Waals surface area contributed by atoms with E-state index in [4.69, 9.17) is 0 Å². The summed E-state index contributed by atoms with van der Waals surface area (Å²) in [5.74, 6) is 1.57. The van der Waals surface area contributed by atoms with Gasteiger partial charge in [-0.3, -0.25) is 13.9 Å².